The van der Waals surface area contributed by atoms with Crippen molar-refractivity contribution in [2.45, 2.75) is 55.9 Å². The smallest absolute Gasteiger partial charge is 0.382 e. The van der Waals surface area contributed by atoms with Crippen molar-refractivity contribution in [1.29, 1.82) is 0 Å². The normalized spacial score (nSPS) is 34.6. The summed E-state index contributed by atoms with van der Waals surface area (Å²) in [6.45, 7) is -1.03. The van der Waals surface area contributed by atoms with E-state index in [9.17, 15) is 17.9 Å². The lowest BCUT2D eigenvalue weighted by Gasteiger charge is -2.22. The largest absolute Gasteiger partial charge is 0.472 e. The number of phosphoric acid groups is 1. The molecule has 3 aliphatic rings. The maximum Gasteiger partial charge on any atom is 0.472 e. The van der Waals surface area contributed by atoms with Crippen molar-refractivity contribution in [2.24, 2.45) is 0 Å². The van der Waals surface area contributed by atoms with Crippen LogP contribution < -0.4 is 16.2 Å². The van der Waals surface area contributed by atoms with Gasteiger partial charge in [0.05, 0.1) is 25.4 Å². The van der Waals surface area contributed by atoms with Crippen LogP contribution in [0, 0.1) is 0 Å². The molecule has 7 rings (SSSR count). The van der Waals surface area contributed by atoms with Gasteiger partial charge in [-0.3, -0.25) is 22.4 Å². The zero-order chi connectivity index (χ0) is 30.8. The quantitative estimate of drug-likeness (QED) is 0.197. The van der Waals surface area contributed by atoms with E-state index in [-0.39, 0.29) is 35.6 Å². The second-order valence-corrected chi connectivity index (χ2v) is 12.9. The maximum absolute atomic E-state index is 15.8. The summed E-state index contributed by atoms with van der Waals surface area (Å²) >= 11 is 0. The Balaban J connectivity index is 1.14. The SMILES string of the molecule is Nc1ncnc2c1ncn2[C@@H]1O[C@@H]2CNS(=O)(=O)O[C@H]3C[C@H](n4cnc5c(N)ncnc54)O[C@@H]3CCOP(=O)(O)O[C@H]2[C@H]1F. The molecule has 44 heavy (non-hydrogen) atoms. The molecule has 23 heteroatoms. The molecule has 3 fully saturated rings. The van der Waals surface area contributed by atoms with E-state index < -0.39 is 74.3 Å². The Morgan fingerprint density at radius 2 is 1.61 bits per heavy atom. The monoisotopic (exact) mass is 657 g/mol. The fraction of sp³-hybridized carbons (Fsp3) is 0.524. The maximum atomic E-state index is 15.8. The number of nitrogens with zero attached hydrogens (tertiary/aromatic N) is 8. The molecule has 0 saturated carbocycles. The van der Waals surface area contributed by atoms with Gasteiger partial charge in [0.15, 0.2) is 35.3 Å². The number of rotatable bonds is 2. The van der Waals surface area contributed by atoms with Gasteiger partial charge in [-0.25, -0.2) is 38.9 Å². The highest BCUT2D eigenvalue weighted by atomic mass is 32.2. The lowest BCUT2D eigenvalue weighted by molar-refractivity contribution is -0.0250. The first-order chi connectivity index (χ1) is 21.0. The van der Waals surface area contributed by atoms with Crippen molar-refractivity contribution in [3.63, 3.8) is 0 Å². The zero-order valence-corrected chi connectivity index (χ0v) is 24.1. The van der Waals surface area contributed by atoms with E-state index in [1.54, 1.807) is 4.57 Å². The highest BCUT2D eigenvalue weighted by Gasteiger charge is 2.51. The second kappa shape index (κ2) is 10.9. The van der Waals surface area contributed by atoms with Gasteiger partial charge in [0.25, 0.3) is 0 Å². The fourth-order valence-electron chi connectivity index (χ4n) is 5.42. The summed E-state index contributed by atoms with van der Waals surface area (Å²) < 4.78 is 87.5. The average molecular weight is 658 g/mol. The Kier molecular flexibility index (Phi) is 7.22. The number of hydrogen-bond acceptors (Lipinski definition) is 16. The number of imidazole rings is 2. The highest BCUT2D eigenvalue weighted by Crippen LogP contribution is 2.50. The van der Waals surface area contributed by atoms with E-state index in [1.165, 1.54) is 23.5 Å². The van der Waals surface area contributed by atoms with Crippen LogP contribution in [0.1, 0.15) is 25.3 Å². The summed E-state index contributed by atoms with van der Waals surface area (Å²) in [6, 6.07) is 0. The summed E-state index contributed by atoms with van der Waals surface area (Å²) in [6.07, 6.45) is -4.59. The van der Waals surface area contributed by atoms with Gasteiger partial charge in [-0.15, -0.1) is 0 Å². The molecule has 3 saturated heterocycles. The van der Waals surface area contributed by atoms with Gasteiger partial charge in [0, 0.05) is 19.4 Å². The molecule has 0 aromatic carbocycles. The van der Waals surface area contributed by atoms with Gasteiger partial charge < -0.3 is 25.8 Å². The summed E-state index contributed by atoms with van der Waals surface area (Å²) in [5.74, 6) is 0.183. The van der Waals surface area contributed by atoms with E-state index >= 15 is 4.39 Å². The molecule has 0 bridgehead atoms. The van der Waals surface area contributed by atoms with Crippen molar-refractivity contribution in [2.75, 3.05) is 24.6 Å². The molecule has 8 atom stereocenters. The number of fused-ring (bicyclic) bond motifs is 4. The number of anilines is 2. The first kappa shape index (κ1) is 29.3. The van der Waals surface area contributed by atoms with Crippen molar-refractivity contribution in [3.05, 3.63) is 25.3 Å². The number of hydrogen-bond donors (Lipinski definition) is 4. The van der Waals surface area contributed by atoms with E-state index in [2.05, 4.69) is 34.6 Å². The molecule has 7 heterocycles. The molecule has 4 aromatic heterocycles. The Bertz CT molecular complexity index is 1880. The molecule has 4 aromatic rings. The van der Waals surface area contributed by atoms with Crippen LogP contribution >= 0.6 is 7.82 Å². The Hall–Kier alpha value is -3.47. The van der Waals surface area contributed by atoms with Gasteiger partial charge in [-0.2, -0.15) is 13.1 Å². The lowest BCUT2D eigenvalue weighted by Crippen LogP contribution is -2.42. The van der Waals surface area contributed by atoms with Crippen LogP contribution in [0.4, 0.5) is 16.0 Å². The molecule has 236 valence electrons. The first-order valence-corrected chi connectivity index (χ1v) is 16.0. The lowest BCUT2D eigenvalue weighted by atomic mass is 10.1. The van der Waals surface area contributed by atoms with E-state index in [0.29, 0.717) is 11.2 Å². The molecule has 6 N–H and O–H groups in total. The predicted molar refractivity (Wildman–Crippen MR) is 144 cm³/mol. The highest BCUT2D eigenvalue weighted by molar-refractivity contribution is 7.84. The minimum Gasteiger partial charge on any atom is -0.382 e. The summed E-state index contributed by atoms with van der Waals surface area (Å²) in [7, 11) is -9.40. The Labute approximate surface area is 246 Å². The number of ether oxygens (including phenoxy) is 2. The minimum atomic E-state index is -4.90. The van der Waals surface area contributed by atoms with Gasteiger partial charge >= 0.3 is 18.1 Å². The number of nitrogen functional groups attached to an aromatic ring is 2. The van der Waals surface area contributed by atoms with E-state index in [0.717, 1.165) is 6.33 Å². The van der Waals surface area contributed by atoms with Crippen LogP contribution in [-0.2, 0) is 37.6 Å². The predicted octanol–water partition coefficient (Wildman–Crippen LogP) is -0.521. The van der Waals surface area contributed by atoms with E-state index in [1.807, 2.05) is 0 Å². The number of nitrogens with two attached hydrogens (primary N) is 2. The molecular formula is C21H25FN11O9PS. The zero-order valence-electron chi connectivity index (χ0n) is 22.4. The molecule has 0 radical (unpaired) electrons. The van der Waals surface area contributed by atoms with Gasteiger partial charge in [0.1, 0.15) is 48.2 Å². The number of nitrogens with one attached hydrogen (secondary N) is 1. The van der Waals surface area contributed by atoms with Crippen molar-refractivity contribution < 1.29 is 45.0 Å². The van der Waals surface area contributed by atoms with Gasteiger partial charge in [0.2, 0.25) is 0 Å². The fourth-order valence-corrected chi connectivity index (χ4v) is 7.35. The standard InChI is InChI=1S/C21H25FN11O9PS/c22-13-16-11(40-21(13)33-8-30-15-18(24)26-6-28-20(15)33)4-31-44(36,37)42-10-3-12(39-9(10)1-2-38-43(34,35)41-16)32-7-29-14-17(23)25-5-27-19(14)32/h5-13,16,21,31H,1-4H2,(H,34,35)(H2,23,25,27)(H2,24,26,28)/t9-,10+,11-,12-,13-,16-,21-/m1/s1. The molecular weight excluding hydrogens is 632 g/mol. The average Bonchev–Trinajstić information content (AvgIpc) is 3.74. The van der Waals surface area contributed by atoms with Crippen LogP contribution in [-0.4, -0.2) is 96.1 Å². The van der Waals surface area contributed by atoms with Crippen molar-refractivity contribution in [1.82, 2.24) is 43.8 Å². The molecule has 1 unspecified atom stereocenters. The van der Waals surface area contributed by atoms with Crippen LogP contribution in [0.2, 0.25) is 0 Å². The summed E-state index contributed by atoms with van der Waals surface area (Å²) in [4.78, 5) is 34.7. The van der Waals surface area contributed by atoms with Crippen LogP contribution in [0.25, 0.3) is 22.3 Å². The van der Waals surface area contributed by atoms with E-state index in [4.69, 9.17) is 34.2 Å². The minimum absolute atomic E-state index is 0.0180. The third-order valence-electron chi connectivity index (χ3n) is 7.43. The van der Waals surface area contributed by atoms with Crippen molar-refractivity contribution in [3.8, 4) is 0 Å². The first-order valence-electron chi connectivity index (χ1n) is 13.1. The Morgan fingerprint density at radius 3 is 2.32 bits per heavy atom. The van der Waals surface area contributed by atoms with Crippen molar-refractivity contribution >= 4 is 52.1 Å². The number of phosphoric ester groups is 1. The molecule has 0 aliphatic carbocycles. The number of alkyl halides is 1. The topological polar surface area (TPSA) is 269 Å². The molecule has 3 aliphatic heterocycles. The third kappa shape index (κ3) is 5.26. The van der Waals surface area contributed by atoms with Crippen LogP contribution in [0.3, 0.4) is 0 Å². The van der Waals surface area contributed by atoms with Gasteiger partial charge in [-0.05, 0) is 0 Å². The Morgan fingerprint density at radius 1 is 0.955 bits per heavy atom. The molecule has 0 amide bonds. The number of aromatic nitrogens is 8. The molecule has 0 spiro atoms. The third-order valence-corrected chi connectivity index (χ3v) is 9.47. The van der Waals surface area contributed by atoms with Crippen LogP contribution in [0.5, 0.6) is 0 Å². The summed E-state index contributed by atoms with van der Waals surface area (Å²) in [5, 5.41) is 0. The number of halogens is 1. The summed E-state index contributed by atoms with van der Waals surface area (Å²) in [5.41, 5.74) is 12.6. The van der Waals surface area contributed by atoms with Crippen LogP contribution in [0.15, 0.2) is 25.3 Å². The van der Waals surface area contributed by atoms with Gasteiger partial charge in [-0.1, -0.05) is 0 Å². The molecule has 20 nitrogen and oxygen atoms in total. The second-order valence-electron chi connectivity index (χ2n) is 10.1.